The molecule has 0 aliphatic carbocycles. The van der Waals surface area contributed by atoms with Crippen LogP contribution in [0.2, 0.25) is 0 Å². The number of amides is 1. The van der Waals surface area contributed by atoms with Gasteiger partial charge >= 0.3 is 6.09 Å². The van der Waals surface area contributed by atoms with Crippen LogP contribution in [0.15, 0.2) is 58.3 Å². The molecule has 0 saturated carbocycles. The lowest BCUT2D eigenvalue weighted by Gasteiger charge is -2.32. The van der Waals surface area contributed by atoms with Gasteiger partial charge in [-0.05, 0) is 54.5 Å². The first kappa shape index (κ1) is 19.2. The second-order valence-electron chi connectivity index (χ2n) is 6.41. The lowest BCUT2D eigenvalue weighted by molar-refractivity contribution is 0.0869. The van der Waals surface area contributed by atoms with Crippen molar-refractivity contribution in [3.63, 3.8) is 0 Å². The largest absolute Gasteiger partial charge is 0.445 e. The van der Waals surface area contributed by atoms with Crippen LogP contribution in [0.5, 0.6) is 0 Å². The summed E-state index contributed by atoms with van der Waals surface area (Å²) in [5, 5.41) is 0. The van der Waals surface area contributed by atoms with Crippen LogP contribution in [0.3, 0.4) is 0 Å². The van der Waals surface area contributed by atoms with Crippen molar-refractivity contribution in [2.75, 3.05) is 25.6 Å². The van der Waals surface area contributed by atoms with Gasteiger partial charge in [0.25, 0.3) is 0 Å². The number of nitrogens with zero attached hydrogens (tertiary/aromatic N) is 1. The molecule has 1 aliphatic rings. The zero-order chi connectivity index (χ0) is 18.4. The fourth-order valence-corrected chi connectivity index (χ4v) is 4.57. The van der Waals surface area contributed by atoms with Gasteiger partial charge in [-0.25, -0.2) is 4.79 Å². The highest BCUT2D eigenvalue weighted by atomic mass is 32.2. The Morgan fingerprint density at radius 3 is 2.46 bits per heavy atom. The van der Waals surface area contributed by atoms with E-state index in [0.29, 0.717) is 12.5 Å². The fraction of sp³-hybridized carbons (Fsp3) is 0.381. The van der Waals surface area contributed by atoms with Crippen LogP contribution in [0.1, 0.15) is 29.9 Å². The molecule has 3 rings (SSSR count). The molecule has 0 aromatic heterocycles. The lowest BCUT2D eigenvalue weighted by Crippen LogP contribution is -2.38. The second kappa shape index (κ2) is 9.38. The number of thioether (sulfide) groups is 2. The number of hydrogen-bond acceptors (Lipinski definition) is 4. The Labute approximate surface area is 164 Å². The van der Waals surface area contributed by atoms with Gasteiger partial charge in [-0.1, -0.05) is 36.4 Å². The van der Waals surface area contributed by atoms with Gasteiger partial charge in [-0.15, -0.1) is 23.5 Å². The van der Waals surface area contributed by atoms with Crippen molar-refractivity contribution in [1.82, 2.24) is 4.90 Å². The summed E-state index contributed by atoms with van der Waals surface area (Å²) in [5.41, 5.74) is 2.45. The molecule has 3 nitrogen and oxygen atoms in total. The van der Waals surface area contributed by atoms with Crippen LogP contribution in [0.4, 0.5) is 4.79 Å². The van der Waals surface area contributed by atoms with Crippen LogP contribution >= 0.6 is 23.5 Å². The number of ether oxygens (including phenoxy) is 1. The summed E-state index contributed by atoms with van der Waals surface area (Å²) < 4.78 is 5.46. The predicted octanol–water partition coefficient (Wildman–Crippen LogP) is 5.65. The second-order valence-corrected chi connectivity index (χ2v) is 8.14. The smallest absolute Gasteiger partial charge is 0.410 e. The molecule has 0 radical (unpaired) electrons. The van der Waals surface area contributed by atoms with Crippen LogP contribution in [-0.2, 0) is 11.3 Å². The Bertz CT molecular complexity index is 728. The Hall–Kier alpha value is -1.59. The number of benzene rings is 2. The SMILES string of the molecule is CSc1ccc(C2CCN(C(=O)OCc3ccccc3)CC2)c(SC)c1. The molecule has 0 spiro atoms. The molecule has 26 heavy (non-hydrogen) atoms. The standard InChI is InChI=1S/C21H25NO2S2/c1-25-18-8-9-19(20(14-18)26-2)17-10-12-22(13-11-17)21(23)24-15-16-6-4-3-5-7-16/h3-9,14,17H,10-13,15H2,1-2H3. The van der Waals surface area contributed by atoms with E-state index in [9.17, 15) is 4.79 Å². The molecule has 0 bridgehead atoms. The minimum absolute atomic E-state index is 0.199. The summed E-state index contributed by atoms with van der Waals surface area (Å²) in [6, 6.07) is 16.6. The highest BCUT2D eigenvalue weighted by Gasteiger charge is 2.26. The zero-order valence-electron chi connectivity index (χ0n) is 15.3. The quantitative estimate of drug-likeness (QED) is 0.620. The van der Waals surface area contributed by atoms with Gasteiger partial charge in [0.1, 0.15) is 6.61 Å². The molecule has 1 aliphatic heterocycles. The Kier molecular flexibility index (Phi) is 6.92. The fourth-order valence-electron chi connectivity index (χ4n) is 3.34. The van der Waals surface area contributed by atoms with E-state index >= 15 is 0 Å². The zero-order valence-corrected chi connectivity index (χ0v) is 16.9. The maximum Gasteiger partial charge on any atom is 0.410 e. The highest BCUT2D eigenvalue weighted by Crippen LogP contribution is 2.36. The van der Waals surface area contributed by atoms with Crippen LogP contribution in [0, 0.1) is 0 Å². The number of rotatable bonds is 5. The predicted molar refractivity (Wildman–Crippen MR) is 110 cm³/mol. The summed E-state index contributed by atoms with van der Waals surface area (Å²) in [7, 11) is 0. The third-order valence-electron chi connectivity index (χ3n) is 4.84. The first-order chi connectivity index (χ1) is 12.7. The molecule has 138 valence electrons. The minimum Gasteiger partial charge on any atom is -0.445 e. The molecular formula is C21H25NO2S2. The maximum atomic E-state index is 12.3. The van der Waals surface area contributed by atoms with Crippen molar-refractivity contribution in [3.05, 3.63) is 59.7 Å². The summed E-state index contributed by atoms with van der Waals surface area (Å²) in [4.78, 5) is 16.8. The first-order valence-corrected chi connectivity index (χ1v) is 11.3. The lowest BCUT2D eigenvalue weighted by atomic mass is 9.89. The normalized spacial score (nSPS) is 15.1. The monoisotopic (exact) mass is 387 g/mol. The molecule has 2 aromatic rings. The van der Waals surface area contributed by atoms with Crippen molar-refractivity contribution in [3.8, 4) is 0 Å². The summed E-state index contributed by atoms with van der Waals surface area (Å²) >= 11 is 3.59. The average molecular weight is 388 g/mol. The van der Waals surface area contributed by atoms with Crippen LogP contribution in [-0.4, -0.2) is 36.6 Å². The summed E-state index contributed by atoms with van der Waals surface area (Å²) in [5.74, 6) is 0.520. The topological polar surface area (TPSA) is 29.5 Å². The van der Waals surface area contributed by atoms with Gasteiger partial charge in [0.05, 0.1) is 0 Å². The van der Waals surface area contributed by atoms with Crippen molar-refractivity contribution in [1.29, 1.82) is 0 Å². The Morgan fingerprint density at radius 2 is 1.81 bits per heavy atom. The van der Waals surface area contributed by atoms with Gasteiger partial charge in [-0.2, -0.15) is 0 Å². The van der Waals surface area contributed by atoms with E-state index in [4.69, 9.17) is 4.74 Å². The molecule has 1 heterocycles. The van der Waals surface area contributed by atoms with Crippen molar-refractivity contribution < 1.29 is 9.53 Å². The molecule has 2 aromatic carbocycles. The molecule has 1 amide bonds. The third-order valence-corrected chi connectivity index (χ3v) is 6.36. The number of likely N-dealkylation sites (tertiary alicyclic amines) is 1. The van der Waals surface area contributed by atoms with E-state index in [0.717, 1.165) is 31.5 Å². The molecule has 1 fully saturated rings. The van der Waals surface area contributed by atoms with E-state index < -0.39 is 0 Å². The summed E-state index contributed by atoms with van der Waals surface area (Å²) in [6.07, 6.45) is 6.03. The highest BCUT2D eigenvalue weighted by molar-refractivity contribution is 7.99. The van der Waals surface area contributed by atoms with Crippen molar-refractivity contribution >= 4 is 29.6 Å². The average Bonchev–Trinajstić information content (AvgIpc) is 2.72. The Balaban J connectivity index is 1.55. The van der Waals surface area contributed by atoms with E-state index in [-0.39, 0.29) is 6.09 Å². The van der Waals surface area contributed by atoms with Gasteiger partial charge in [0, 0.05) is 22.9 Å². The van der Waals surface area contributed by atoms with Gasteiger partial charge < -0.3 is 9.64 Å². The first-order valence-electron chi connectivity index (χ1n) is 8.89. The van der Waals surface area contributed by atoms with E-state index in [2.05, 4.69) is 30.7 Å². The molecule has 0 atom stereocenters. The van der Waals surface area contributed by atoms with E-state index in [1.54, 1.807) is 11.8 Å². The number of carbonyl (C=O) groups excluding carboxylic acids is 1. The minimum atomic E-state index is -0.199. The molecule has 0 unspecified atom stereocenters. The van der Waals surface area contributed by atoms with Gasteiger partial charge in [-0.3, -0.25) is 0 Å². The number of carbonyl (C=O) groups is 1. The number of hydrogen-bond donors (Lipinski definition) is 0. The number of piperidine rings is 1. The third kappa shape index (κ3) is 4.77. The van der Waals surface area contributed by atoms with Crippen LogP contribution in [0.25, 0.3) is 0 Å². The molecular weight excluding hydrogens is 362 g/mol. The maximum absolute atomic E-state index is 12.3. The molecule has 5 heteroatoms. The molecule has 1 saturated heterocycles. The van der Waals surface area contributed by atoms with E-state index in [1.807, 2.05) is 47.0 Å². The van der Waals surface area contributed by atoms with Gasteiger partial charge in [0.15, 0.2) is 0 Å². The Morgan fingerprint density at radius 1 is 1.08 bits per heavy atom. The van der Waals surface area contributed by atoms with Gasteiger partial charge in [0.2, 0.25) is 0 Å². The van der Waals surface area contributed by atoms with Crippen LogP contribution < -0.4 is 0 Å². The van der Waals surface area contributed by atoms with Crippen molar-refractivity contribution in [2.24, 2.45) is 0 Å². The summed E-state index contributed by atoms with van der Waals surface area (Å²) in [6.45, 7) is 1.86. The molecule has 0 N–H and O–H groups in total. The van der Waals surface area contributed by atoms with Crippen molar-refractivity contribution in [2.45, 2.75) is 35.2 Å². The van der Waals surface area contributed by atoms with E-state index in [1.165, 1.54) is 15.4 Å².